The van der Waals surface area contributed by atoms with E-state index < -0.39 is 0 Å². The number of halogens is 2. The molecule has 1 fully saturated rings. The fraction of sp³-hybridized carbons (Fsp3) is 0.320. The van der Waals surface area contributed by atoms with Crippen molar-refractivity contribution >= 4 is 23.2 Å². The molecule has 1 saturated heterocycles. The van der Waals surface area contributed by atoms with Crippen molar-refractivity contribution in [2.75, 3.05) is 47.0 Å². The van der Waals surface area contributed by atoms with Gasteiger partial charge in [0.2, 0.25) is 11.6 Å². The number of nitrogens with zero attached hydrogens (tertiary/aromatic N) is 3. The molecule has 0 amide bonds. The van der Waals surface area contributed by atoms with Crippen LogP contribution < -0.4 is 28.7 Å². The summed E-state index contributed by atoms with van der Waals surface area (Å²) >= 11 is 6.40. The number of methoxy groups -OCH3 is 1. The van der Waals surface area contributed by atoms with Crippen LogP contribution in [0.15, 0.2) is 42.5 Å². The molecule has 1 aromatic heterocycles. The zero-order valence-electron chi connectivity index (χ0n) is 19.0. The van der Waals surface area contributed by atoms with Crippen LogP contribution in [-0.4, -0.2) is 72.6 Å². The third-order valence-electron chi connectivity index (χ3n) is 6.64. The Morgan fingerprint density at radius 3 is 2.41 bits per heavy atom. The lowest BCUT2D eigenvalue weighted by Gasteiger charge is -2.37. The second kappa shape index (κ2) is 9.77. The van der Waals surface area contributed by atoms with Crippen molar-refractivity contribution in [3.63, 3.8) is 0 Å². The van der Waals surface area contributed by atoms with E-state index in [2.05, 4.69) is 7.05 Å². The Kier molecular flexibility index (Phi) is 7.14. The van der Waals surface area contributed by atoms with E-state index in [9.17, 15) is 9.59 Å². The molecule has 178 valence electrons. The molecule has 2 heterocycles. The van der Waals surface area contributed by atoms with Crippen LogP contribution in [0.1, 0.15) is 32.1 Å². The zero-order chi connectivity index (χ0) is 23.2. The first-order chi connectivity index (χ1) is 15.9. The highest BCUT2D eigenvalue weighted by Gasteiger charge is 2.37. The molecule has 0 unspecified atom stereocenters. The second-order valence-electron chi connectivity index (χ2n) is 8.74. The number of benzene rings is 2. The number of quaternary nitrogens is 1. The number of carbonyl (C=O) groups is 2. The van der Waals surface area contributed by atoms with Crippen LogP contribution in [-0.2, 0) is 11.3 Å². The molecule has 5 rings (SSSR count). The van der Waals surface area contributed by atoms with E-state index in [0.717, 1.165) is 29.7 Å². The second-order valence-corrected chi connectivity index (χ2v) is 9.15. The molecular formula is C25H25ClIN3O4. The number of hydrogen-bond donors (Lipinski definition) is 0. The highest BCUT2D eigenvalue weighted by atomic mass is 127. The predicted octanol–water partition coefficient (Wildman–Crippen LogP) is 0.468. The maximum atomic E-state index is 13.5. The third kappa shape index (κ3) is 4.28. The predicted molar refractivity (Wildman–Crippen MR) is 124 cm³/mol. The quantitative estimate of drug-likeness (QED) is 0.249. The van der Waals surface area contributed by atoms with Gasteiger partial charge in [0.1, 0.15) is 36.1 Å². The van der Waals surface area contributed by atoms with Crippen molar-refractivity contribution in [2.45, 2.75) is 6.54 Å². The molecule has 34 heavy (non-hydrogen) atoms. The number of ether oxygens (including phenoxy) is 2. The van der Waals surface area contributed by atoms with Crippen molar-refractivity contribution in [3.05, 3.63) is 70.0 Å². The lowest BCUT2D eigenvalue weighted by Crippen LogP contribution is -3.00. The smallest absolute Gasteiger partial charge is 0.214 e. The van der Waals surface area contributed by atoms with Crippen LogP contribution in [0.2, 0.25) is 5.02 Å². The molecule has 0 atom stereocenters. The van der Waals surface area contributed by atoms with Gasteiger partial charge in [-0.2, -0.15) is 0 Å². The van der Waals surface area contributed by atoms with Gasteiger partial charge >= 0.3 is 0 Å². The van der Waals surface area contributed by atoms with E-state index >= 15 is 0 Å². The van der Waals surface area contributed by atoms with Crippen molar-refractivity contribution < 1.29 is 47.5 Å². The van der Waals surface area contributed by atoms with E-state index in [4.69, 9.17) is 26.1 Å². The highest BCUT2D eigenvalue weighted by molar-refractivity contribution is 6.32. The molecule has 1 aliphatic heterocycles. The van der Waals surface area contributed by atoms with Gasteiger partial charge in [0.15, 0.2) is 0 Å². The van der Waals surface area contributed by atoms with E-state index in [0.29, 0.717) is 53.2 Å². The maximum absolute atomic E-state index is 13.5. The number of ketones is 2. The number of fused-ring (bicyclic) bond motifs is 2. The Bertz CT molecular complexity index is 1270. The Balaban J connectivity index is 0.00000274. The molecule has 9 heteroatoms. The molecule has 0 bridgehead atoms. The molecular weight excluding hydrogens is 569 g/mol. The summed E-state index contributed by atoms with van der Waals surface area (Å²) in [4.78, 5) is 31.5. The van der Waals surface area contributed by atoms with Gasteiger partial charge in [0.25, 0.3) is 0 Å². The van der Waals surface area contributed by atoms with Gasteiger partial charge in [-0.15, -0.1) is 0 Å². The Hall–Kier alpha value is -2.27. The molecule has 3 aromatic rings. The number of aromatic nitrogens is 2. The SMILES string of the molecule is COc1ccc(-c2nc3c(n2CC[N+]2(C)CCOCC2)C(=O)c2ccccc2C3=O)cc1Cl.[I-]. The largest absolute Gasteiger partial charge is 1.00 e. The van der Waals surface area contributed by atoms with E-state index in [1.54, 1.807) is 43.5 Å². The number of likely N-dealkylation sites (N-methyl/N-ethyl adjacent to an activating group) is 1. The standard InChI is InChI=1S/C25H25ClN3O4.HI/c1-29(11-13-33-14-12-29)10-9-28-22-21(23(30)17-5-3-4-6-18(17)24(22)31)27-25(28)16-7-8-20(32-2)19(26)15-16;/h3-8,15H,9-14H2,1-2H3;1H/q+1;/p-1. The fourth-order valence-electron chi connectivity index (χ4n) is 4.57. The number of imidazole rings is 1. The molecule has 0 saturated carbocycles. The third-order valence-corrected chi connectivity index (χ3v) is 6.93. The molecule has 1 aliphatic carbocycles. The Morgan fingerprint density at radius 2 is 1.76 bits per heavy atom. The molecule has 2 aromatic carbocycles. The number of morpholine rings is 1. The normalized spacial score (nSPS) is 16.4. The van der Waals surface area contributed by atoms with Crippen molar-refractivity contribution in [3.8, 4) is 17.1 Å². The molecule has 0 N–H and O–H groups in total. The zero-order valence-corrected chi connectivity index (χ0v) is 21.9. The number of rotatable bonds is 5. The number of carbonyl (C=O) groups excluding carboxylic acids is 2. The maximum Gasteiger partial charge on any atom is 0.214 e. The van der Waals surface area contributed by atoms with Crippen LogP contribution >= 0.6 is 11.6 Å². The van der Waals surface area contributed by atoms with Gasteiger partial charge < -0.3 is 42.5 Å². The van der Waals surface area contributed by atoms with Crippen LogP contribution in [0.25, 0.3) is 11.4 Å². The van der Waals surface area contributed by atoms with Crippen LogP contribution in [0, 0.1) is 0 Å². The summed E-state index contributed by atoms with van der Waals surface area (Å²) in [7, 11) is 3.75. The summed E-state index contributed by atoms with van der Waals surface area (Å²) < 4.78 is 13.5. The average molecular weight is 594 g/mol. The van der Waals surface area contributed by atoms with Gasteiger partial charge in [-0.25, -0.2) is 4.98 Å². The van der Waals surface area contributed by atoms with Crippen molar-refractivity contribution in [1.29, 1.82) is 0 Å². The average Bonchev–Trinajstić information content (AvgIpc) is 3.22. The van der Waals surface area contributed by atoms with Crippen LogP contribution in [0.3, 0.4) is 0 Å². The van der Waals surface area contributed by atoms with E-state index in [1.807, 2.05) is 10.6 Å². The van der Waals surface area contributed by atoms with Gasteiger partial charge in [0.05, 0.1) is 45.5 Å². The Labute approximate surface area is 220 Å². The summed E-state index contributed by atoms with van der Waals surface area (Å²) in [5.74, 6) is 0.697. The lowest BCUT2D eigenvalue weighted by atomic mass is 9.90. The fourth-order valence-corrected chi connectivity index (χ4v) is 4.83. The minimum Gasteiger partial charge on any atom is -1.00 e. The van der Waals surface area contributed by atoms with Gasteiger partial charge in [0, 0.05) is 16.7 Å². The first-order valence-corrected chi connectivity index (χ1v) is 11.3. The molecule has 0 radical (unpaired) electrons. The van der Waals surface area contributed by atoms with Crippen LogP contribution in [0.5, 0.6) is 5.75 Å². The van der Waals surface area contributed by atoms with Crippen molar-refractivity contribution in [1.82, 2.24) is 9.55 Å². The number of hydrogen-bond acceptors (Lipinski definition) is 5. The first-order valence-electron chi connectivity index (χ1n) is 11.0. The van der Waals surface area contributed by atoms with E-state index in [1.165, 1.54) is 0 Å². The summed E-state index contributed by atoms with van der Waals surface area (Å²) in [6, 6.07) is 12.3. The van der Waals surface area contributed by atoms with Crippen LogP contribution in [0.4, 0.5) is 0 Å². The lowest BCUT2D eigenvalue weighted by molar-refractivity contribution is -0.917. The van der Waals surface area contributed by atoms with Gasteiger partial charge in [-0.05, 0) is 18.2 Å². The minimum atomic E-state index is -0.230. The summed E-state index contributed by atoms with van der Waals surface area (Å²) in [5.41, 5.74) is 2.09. The Morgan fingerprint density at radius 1 is 1.09 bits per heavy atom. The summed E-state index contributed by atoms with van der Waals surface area (Å²) in [6.07, 6.45) is 0. The highest BCUT2D eigenvalue weighted by Crippen LogP contribution is 2.34. The van der Waals surface area contributed by atoms with Gasteiger partial charge in [-0.1, -0.05) is 35.9 Å². The first kappa shape index (κ1) is 24.8. The van der Waals surface area contributed by atoms with Crippen molar-refractivity contribution in [2.24, 2.45) is 0 Å². The monoisotopic (exact) mass is 593 g/mol. The molecule has 0 spiro atoms. The minimum absolute atomic E-state index is 0. The molecule has 7 nitrogen and oxygen atoms in total. The van der Waals surface area contributed by atoms with E-state index in [-0.39, 0.29) is 41.2 Å². The summed E-state index contributed by atoms with van der Waals surface area (Å²) in [5, 5.41) is 0.440. The molecule has 2 aliphatic rings. The summed E-state index contributed by atoms with van der Waals surface area (Å²) in [6.45, 7) is 4.55. The van der Waals surface area contributed by atoms with Gasteiger partial charge in [-0.3, -0.25) is 9.59 Å². The topological polar surface area (TPSA) is 70.4 Å².